The highest BCUT2D eigenvalue weighted by atomic mass is 35.5. The number of hydrazone groups is 1. The van der Waals surface area contributed by atoms with Crippen LogP contribution in [0.3, 0.4) is 0 Å². The Morgan fingerprint density at radius 1 is 1.26 bits per heavy atom. The molecule has 2 amide bonds. The number of aryl methyl sites for hydroxylation is 1. The van der Waals surface area contributed by atoms with Gasteiger partial charge in [0.25, 0.3) is 11.8 Å². The quantitative estimate of drug-likeness (QED) is 0.486. The molecule has 8 nitrogen and oxygen atoms in total. The highest BCUT2D eigenvalue weighted by Gasteiger charge is 2.27. The van der Waals surface area contributed by atoms with Gasteiger partial charge in [-0.05, 0) is 42.3 Å². The molecule has 158 valence electrons. The average molecular weight is 440 g/mol. The topological polar surface area (TPSA) is 101 Å². The third-order valence-electron chi connectivity index (χ3n) is 4.83. The van der Waals surface area contributed by atoms with E-state index >= 15 is 0 Å². The van der Waals surface area contributed by atoms with Crippen LogP contribution in [0.5, 0.6) is 5.75 Å². The molecule has 0 atom stereocenters. The number of benzene rings is 2. The lowest BCUT2D eigenvalue weighted by Gasteiger charge is -2.28. The van der Waals surface area contributed by atoms with Crippen LogP contribution in [0.25, 0.3) is 11.0 Å². The molecule has 1 N–H and O–H groups in total. The Balaban J connectivity index is 1.48. The van der Waals surface area contributed by atoms with E-state index < -0.39 is 5.91 Å². The van der Waals surface area contributed by atoms with Crippen molar-refractivity contribution < 1.29 is 18.7 Å². The van der Waals surface area contributed by atoms with Crippen molar-refractivity contribution in [3.63, 3.8) is 0 Å². The van der Waals surface area contributed by atoms with Gasteiger partial charge in [-0.15, -0.1) is 0 Å². The first-order chi connectivity index (χ1) is 15.0. The second-order valence-electron chi connectivity index (χ2n) is 6.88. The van der Waals surface area contributed by atoms with Crippen molar-refractivity contribution in [1.82, 2.24) is 5.43 Å². The summed E-state index contributed by atoms with van der Waals surface area (Å²) in [4.78, 5) is 38.5. The van der Waals surface area contributed by atoms with Crippen molar-refractivity contribution >= 4 is 46.3 Å². The summed E-state index contributed by atoms with van der Waals surface area (Å²) in [5.41, 5.74) is 4.17. The molecule has 0 bridgehead atoms. The summed E-state index contributed by atoms with van der Waals surface area (Å²) >= 11 is 6.00. The molecule has 0 spiro atoms. The van der Waals surface area contributed by atoms with E-state index in [0.717, 1.165) is 12.0 Å². The minimum atomic E-state index is -0.545. The van der Waals surface area contributed by atoms with E-state index in [0.29, 0.717) is 27.4 Å². The Labute approximate surface area is 182 Å². The fraction of sp³-hybridized carbons (Fsp3) is 0.182. The number of ether oxygens (including phenoxy) is 1. The molecule has 0 aliphatic carbocycles. The fourth-order valence-electron chi connectivity index (χ4n) is 3.20. The Kier molecular flexibility index (Phi) is 5.73. The van der Waals surface area contributed by atoms with Gasteiger partial charge in [-0.1, -0.05) is 24.6 Å². The minimum Gasteiger partial charge on any atom is -0.482 e. The number of amides is 2. The molecule has 0 saturated carbocycles. The number of halogens is 1. The van der Waals surface area contributed by atoms with Crippen molar-refractivity contribution in [3.05, 3.63) is 69.0 Å². The number of carbonyl (C=O) groups is 2. The van der Waals surface area contributed by atoms with Crippen molar-refractivity contribution in [2.24, 2.45) is 5.10 Å². The maximum atomic E-state index is 12.7. The van der Waals surface area contributed by atoms with Crippen molar-refractivity contribution in [3.8, 4) is 5.75 Å². The van der Waals surface area contributed by atoms with Gasteiger partial charge >= 0.3 is 0 Å². The van der Waals surface area contributed by atoms with Gasteiger partial charge in [-0.25, -0.2) is 5.43 Å². The number of hydrogen-bond acceptors (Lipinski definition) is 6. The number of anilines is 1. The fourth-order valence-corrected chi connectivity index (χ4v) is 3.37. The number of fused-ring (bicyclic) bond motifs is 2. The second kappa shape index (κ2) is 8.61. The smallest absolute Gasteiger partial charge is 0.265 e. The zero-order valence-corrected chi connectivity index (χ0v) is 17.3. The predicted octanol–water partition coefficient (Wildman–Crippen LogP) is 2.88. The summed E-state index contributed by atoms with van der Waals surface area (Å²) in [7, 11) is 0. The van der Waals surface area contributed by atoms with Crippen molar-refractivity contribution in [1.29, 1.82) is 0 Å². The number of nitrogens with zero attached hydrogens (tertiary/aromatic N) is 2. The van der Waals surface area contributed by atoms with Crippen LogP contribution < -0.4 is 20.5 Å². The first-order valence-corrected chi connectivity index (χ1v) is 9.93. The zero-order valence-electron chi connectivity index (χ0n) is 16.6. The number of carbonyl (C=O) groups excluding carboxylic acids is 2. The number of hydrogen-bond donors (Lipinski definition) is 1. The number of nitrogens with one attached hydrogen (secondary N) is 1. The van der Waals surface area contributed by atoms with Gasteiger partial charge in [-0.2, -0.15) is 5.10 Å². The van der Waals surface area contributed by atoms with Gasteiger partial charge in [0.15, 0.2) is 6.61 Å². The van der Waals surface area contributed by atoms with Crippen LogP contribution in [-0.2, 0) is 16.0 Å². The molecule has 3 aromatic rings. The van der Waals surface area contributed by atoms with E-state index in [1.807, 2.05) is 13.0 Å². The van der Waals surface area contributed by atoms with E-state index in [-0.39, 0.29) is 30.1 Å². The predicted molar refractivity (Wildman–Crippen MR) is 117 cm³/mol. The molecule has 31 heavy (non-hydrogen) atoms. The maximum absolute atomic E-state index is 12.7. The Hall–Kier alpha value is -3.65. The SMILES string of the molecule is CCc1ccc2occ(/C=N/NC(=O)CN3C(=O)COc4ccc(Cl)cc43)c(=O)c2c1. The van der Waals surface area contributed by atoms with E-state index in [1.54, 1.807) is 30.3 Å². The normalized spacial score (nSPS) is 13.4. The van der Waals surface area contributed by atoms with Gasteiger partial charge in [-0.3, -0.25) is 19.3 Å². The zero-order chi connectivity index (χ0) is 22.0. The molecule has 0 fully saturated rings. The minimum absolute atomic E-state index is 0.178. The van der Waals surface area contributed by atoms with Crippen LogP contribution in [0.15, 0.2) is 57.0 Å². The van der Waals surface area contributed by atoms with Gasteiger partial charge < -0.3 is 9.15 Å². The summed E-state index contributed by atoms with van der Waals surface area (Å²) in [6.07, 6.45) is 3.29. The lowest BCUT2D eigenvalue weighted by Crippen LogP contribution is -2.44. The van der Waals surface area contributed by atoms with Crippen molar-refractivity contribution in [2.75, 3.05) is 18.1 Å². The molecular formula is C22H18ClN3O5. The molecule has 4 rings (SSSR count). The molecule has 1 aliphatic heterocycles. The third-order valence-corrected chi connectivity index (χ3v) is 5.07. The Morgan fingerprint density at radius 3 is 2.90 bits per heavy atom. The molecule has 9 heteroatoms. The van der Waals surface area contributed by atoms with E-state index in [9.17, 15) is 14.4 Å². The van der Waals surface area contributed by atoms with Crippen LogP contribution in [-0.4, -0.2) is 31.2 Å². The van der Waals surface area contributed by atoms with Gasteiger partial charge in [0, 0.05) is 5.02 Å². The Morgan fingerprint density at radius 2 is 2.10 bits per heavy atom. The standard InChI is InChI=1S/C22H18ClN3O5/c1-2-13-3-5-18-16(7-13)22(29)14(11-30-18)9-24-25-20(27)10-26-17-8-15(23)4-6-19(17)31-12-21(26)28/h3-9,11H,2,10,12H2,1H3,(H,25,27)/b24-9+. The number of rotatable bonds is 5. The maximum Gasteiger partial charge on any atom is 0.265 e. The lowest BCUT2D eigenvalue weighted by molar-refractivity contribution is -0.125. The molecule has 0 radical (unpaired) electrons. The monoisotopic (exact) mass is 439 g/mol. The lowest BCUT2D eigenvalue weighted by atomic mass is 10.1. The summed E-state index contributed by atoms with van der Waals surface area (Å²) in [5, 5.41) is 4.69. The van der Waals surface area contributed by atoms with Crippen LogP contribution in [0, 0.1) is 0 Å². The summed E-state index contributed by atoms with van der Waals surface area (Å²) < 4.78 is 10.8. The first-order valence-electron chi connectivity index (χ1n) is 9.55. The summed E-state index contributed by atoms with van der Waals surface area (Å²) in [5.74, 6) is -0.466. The summed E-state index contributed by atoms with van der Waals surface area (Å²) in [6, 6.07) is 10.3. The molecular weight excluding hydrogens is 422 g/mol. The molecule has 0 unspecified atom stereocenters. The van der Waals surface area contributed by atoms with Crippen LogP contribution in [0.2, 0.25) is 5.02 Å². The van der Waals surface area contributed by atoms with Gasteiger partial charge in [0.05, 0.1) is 22.9 Å². The van der Waals surface area contributed by atoms with E-state index in [1.165, 1.54) is 17.4 Å². The largest absolute Gasteiger partial charge is 0.482 e. The van der Waals surface area contributed by atoms with Gasteiger partial charge in [0.1, 0.15) is 24.1 Å². The average Bonchev–Trinajstić information content (AvgIpc) is 2.77. The van der Waals surface area contributed by atoms with Crippen LogP contribution in [0.4, 0.5) is 5.69 Å². The van der Waals surface area contributed by atoms with Crippen LogP contribution >= 0.6 is 11.6 Å². The molecule has 1 aromatic heterocycles. The summed E-state index contributed by atoms with van der Waals surface area (Å²) in [6.45, 7) is 1.54. The third kappa shape index (κ3) is 4.29. The van der Waals surface area contributed by atoms with E-state index in [4.69, 9.17) is 20.8 Å². The molecule has 2 aromatic carbocycles. The second-order valence-corrected chi connectivity index (χ2v) is 7.31. The Bertz CT molecular complexity index is 1270. The first kappa shape index (κ1) is 20.6. The van der Waals surface area contributed by atoms with Gasteiger partial charge in [0.2, 0.25) is 5.43 Å². The molecule has 1 aliphatic rings. The molecule has 2 heterocycles. The highest BCUT2D eigenvalue weighted by Crippen LogP contribution is 2.34. The molecule has 0 saturated heterocycles. The van der Waals surface area contributed by atoms with Crippen molar-refractivity contribution in [2.45, 2.75) is 13.3 Å². The highest BCUT2D eigenvalue weighted by molar-refractivity contribution is 6.31. The van der Waals surface area contributed by atoms with Crippen LogP contribution in [0.1, 0.15) is 18.1 Å². The van der Waals surface area contributed by atoms with E-state index in [2.05, 4.69) is 10.5 Å².